The minimum atomic E-state index is 0.302. The number of rotatable bonds is 3. The number of hydrogen-bond acceptors (Lipinski definition) is 5. The summed E-state index contributed by atoms with van der Waals surface area (Å²) >= 11 is 0. The van der Waals surface area contributed by atoms with Crippen molar-refractivity contribution in [1.29, 1.82) is 5.26 Å². The summed E-state index contributed by atoms with van der Waals surface area (Å²) in [4.78, 5) is 2.23. The number of anilines is 1. The zero-order valence-corrected chi connectivity index (χ0v) is 14.2. The molecule has 1 atom stereocenters. The van der Waals surface area contributed by atoms with Gasteiger partial charge >= 0.3 is 0 Å². The standard InChI is InChI=1S/C17H22N6/c1-11-8-12(2)23(21-11)10-15-6-5-7-22(15)17-16(9-18)13(3)14(4)19-20-17/h8,15H,5-7,10H2,1-4H3/t15-/m0/s1. The summed E-state index contributed by atoms with van der Waals surface area (Å²) in [7, 11) is 0. The lowest BCUT2D eigenvalue weighted by atomic mass is 10.1. The Morgan fingerprint density at radius 3 is 2.70 bits per heavy atom. The normalized spacial score (nSPS) is 17.5. The highest BCUT2D eigenvalue weighted by Crippen LogP contribution is 2.29. The van der Waals surface area contributed by atoms with Crippen molar-refractivity contribution >= 4 is 5.82 Å². The van der Waals surface area contributed by atoms with Crippen molar-refractivity contribution < 1.29 is 0 Å². The van der Waals surface area contributed by atoms with E-state index in [1.807, 2.05) is 20.8 Å². The average molecular weight is 310 g/mol. The van der Waals surface area contributed by atoms with Crippen molar-refractivity contribution in [2.75, 3.05) is 11.4 Å². The minimum Gasteiger partial charge on any atom is -0.349 e. The largest absolute Gasteiger partial charge is 0.349 e. The molecule has 1 aliphatic rings. The molecule has 0 aromatic carbocycles. The molecule has 1 aliphatic heterocycles. The fourth-order valence-corrected chi connectivity index (χ4v) is 3.29. The summed E-state index contributed by atoms with van der Waals surface area (Å²) in [6, 6.07) is 4.71. The highest BCUT2D eigenvalue weighted by molar-refractivity contribution is 5.58. The number of aromatic nitrogens is 4. The Hall–Kier alpha value is -2.42. The van der Waals surface area contributed by atoms with Crippen LogP contribution in [-0.2, 0) is 6.54 Å². The van der Waals surface area contributed by atoms with Crippen LogP contribution in [0.5, 0.6) is 0 Å². The third-order valence-electron chi connectivity index (χ3n) is 4.68. The van der Waals surface area contributed by atoms with E-state index in [1.54, 1.807) is 0 Å². The van der Waals surface area contributed by atoms with Crippen LogP contribution < -0.4 is 4.90 Å². The van der Waals surface area contributed by atoms with Gasteiger partial charge in [0.05, 0.1) is 24.0 Å². The molecular weight excluding hydrogens is 288 g/mol. The fraction of sp³-hybridized carbons (Fsp3) is 0.529. The van der Waals surface area contributed by atoms with Crippen LogP contribution in [0.15, 0.2) is 6.07 Å². The van der Waals surface area contributed by atoms with Crippen LogP contribution in [0.1, 0.15) is 41.1 Å². The van der Waals surface area contributed by atoms with Gasteiger partial charge in [0.1, 0.15) is 11.6 Å². The van der Waals surface area contributed by atoms with Gasteiger partial charge in [0.2, 0.25) is 0 Å². The first kappa shape index (κ1) is 15.5. The number of nitriles is 1. The Kier molecular flexibility index (Phi) is 4.03. The van der Waals surface area contributed by atoms with Crippen molar-refractivity contribution in [3.63, 3.8) is 0 Å². The third kappa shape index (κ3) is 2.79. The molecule has 0 aliphatic carbocycles. The van der Waals surface area contributed by atoms with Gasteiger partial charge in [-0.25, -0.2) is 0 Å². The van der Waals surface area contributed by atoms with Crippen molar-refractivity contribution in [1.82, 2.24) is 20.0 Å². The molecule has 0 saturated carbocycles. The summed E-state index contributed by atoms with van der Waals surface area (Å²) in [5, 5.41) is 22.7. The van der Waals surface area contributed by atoms with Crippen LogP contribution in [0.4, 0.5) is 5.82 Å². The number of hydrogen-bond donors (Lipinski definition) is 0. The summed E-state index contributed by atoms with van der Waals surface area (Å²) in [6.45, 7) is 9.66. The highest BCUT2D eigenvalue weighted by Gasteiger charge is 2.29. The minimum absolute atomic E-state index is 0.302. The monoisotopic (exact) mass is 310 g/mol. The van der Waals surface area contributed by atoms with Gasteiger partial charge in [0.25, 0.3) is 0 Å². The quantitative estimate of drug-likeness (QED) is 0.871. The molecule has 23 heavy (non-hydrogen) atoms. The molecule has 0 radical (unpaired) electrons. The maximum Gasteiger partial charge on any atom is 0.169 e. The smallest absolute Gasteiger partial charge is 0.169 e. The van der Waals surface area contributed by atoms with E-state index < -0.39 is 0 Å². The Bertz CT molecular complexity index is 770. The SMILES string of the molecule is Cc1cc(C)n(C[C@@H]2CCCN2c2nnc(C)c(C)c2C#N)n1. The lowest BCUT2D eigenvalue weighted by molar-refractivity contribution is 0.495. The zero-order valence-electron chi connectivity index (χ0n) is 14.2. The predicted molar refractivity (Wildman–Crippen MR) is 88.3 cm³/mol. The van der Waals surface area contributed by atoms with Crippen molar-refractivity contribution in [3.05, 3.63) is 34.3 Å². The molecule has 3 heterocycles. The maximum absolute atomic E-state index is 9.55. The highest BCUT2D eigenvalue weighted by atomic mass is 15.3. The topological polar surface area (TPSA) is 70.6 Å². The molecule has 1 saturated heterocycles. The summed E-state index contributed by atoms with van der Waals surface area (Å²) < 4.78 is 2.05. The van der Waals surface area contributed by atoms with E-state index in [9.17, 15) is 5.26 Å². The molecular formula is C17H22N6. The molecule has 1 fully saturated rings. The second kappa shape index (κ2) is 5.99. The molecule has 2 aromatic rings. The van der Waals surface area contributed by atoms with E-state index in [1.165, 1.54) is 5.69 Å². The van der Waals surface area contributed by atoms with Crippen LogP contribution in [0.2, 0.25) is 0 Å². The Labute approximate surface area is 136 Å². The van der Waals surface area contributed by atoms with Crippen LogP contribution in [0, 0.1) is 39.0 Å². The first-order chi connectivity index (χ1) is 11.0. The average Bonchev–Trinajstić information content (AvgIpc) is 3.09. The third-order valence-corrected chi connectivity index (χ3v) is 4.68. The van der Waals surface area contributed by atoms with E-state index >= 15 is 0 Å². The first-order valence-corrected chi connectivity index (χ1v) is 8.03. The van der Waals surface area contributed by atoms with Gasteiger partial charge in [-0.05, 0) is 52.2 Å². The van der Waals surface area contributed by atoms with E-state index in [0.717, 1.165) is 48.7 Å². The fourth-order valence-electron chi connectivity index (χ4n) is 3.29. The second-order valence-electron chi connectivity index (χ2n) is 6.32. The lowest BCUT2D eigenvalue weighted by Gasteiger charge is -2.27. The zero-order chi connectivity index (χ0) is 16.6. The van der Waals surface area contributed by atoms with Crippen LogP contribution in [0.3, 0.4) is 0 Å². The molecule has 2 aromatic heterocycles. The molecule has 0 amide bonds. The first-order valence-electron chi connectivity index (χ1n) is 8.03. The Morgan fingerprint density at radius 2 is 2.04 bits per heavy atom. The van der Waals surface area contributed by atoms with Gasteiger partial charge in [0.15, 0.2) is 5.82 Å². The van der Waals surface area contributed by atoms with Crippen molar-refractivity contribution in [2.24, 2.45) is 0 Å². The lowest BCUT2D eigenvalue weighted by Crippen LogP contribution is -2.35. The Balaban J connectivity index is 1.92. The summed E-state index contributed by atoms with van der Waals surface area (Å²) in [6.07, 6.45) is 2.18. The summed E-state index contributed by atoms with van der Waals surface area (Å²) in [5.74, 6) is 0.722. The van der Waals surface area contributed by atoms with E-state index in [-0.39, 0.29) is 0 Å². The van der Waals surface area contributed by atoms with Crippen LogP contribution >= 0.6 is 0 Å². The second-order valence-corrected chi connectivity index (χ2v) is 6.32. The molecule has 3 rings (SSSR count). The number of aryl methyl sites for hydroxylation is 3. The van der Waals surface area contributed by atoms with Crippen LogP contribution in [-0.4, -0.2) is 32.6 Å². The molecule has 0 unspecified atom stereocenters. The van der Waals surface area contributed by atoms with Gasteiger partial charge in [-0.1, -0.05) is 0 Å². The predicted octanol–water partition coefficient (Wildman–Crippen LogP) is 2.45. The van der Waals surface area contributed by atoms with Gasteiger partial charge in [-0.2, -0.15) is 15.5 Å². The van der Waals surface area contributed by atoms with Crippen LogP contribution in [0.25, 0.3) is 0 Å². The number of nitrogens with zero attached hydrogens (tertiary/aromatic N) is 6. The van der Waals surface area contributed by atoms with E-state index in [4.69, 9.17) is 0 Å². The van der Waals surface area contributed by atoms with Gasteiger partial charge < -0.3 is 4.90 Å². The molecule has 6 nitrogen and oxygen atoms in total. The molecule has 0 spiro atoms. The molecule has 120 valence electrons. The van der Waals surface area contributed by atoms with Gasteiger partial charge in [0, 0.05) is 12.2 Å². The molecule has 0 bridgehead atoms. The van der Waals surface area contributed by atoms with E-state index in [2.05, 4.69) is 43.9 Å². The molecule has 6 heteroatoms. The maximum atomic E-state index is 9.55. The summed E-state index contributed by atoms with van der Waals surface area (Å²) in [5.41, 5.74) is 4.60. The van der Waals surface area contributed by atoms with Gasteiger partial charge in [-0.15, -0.1) is 5.10 Å². The van der Waals surface area contributed by atoms with Gasteiger partial charge in [-0.3, -0.25) is 4.68 Å². The molecule has 0 N–H and O–H groups in total. The van der Waals surface area contributed by atoms with Crippen molar-refractivity contribution in [3.8, 4) is 6.07 Å². The Morgan fingerprint density at radius 1 is 1.26 bits per heavy atom. The van der Waals surface area contributed by atoms with E-state index in [0.29, 0.717) is 11.6 Å². The van der Waals surface area contributed by atoms with Crippen molar-refractivity contribution in [2.45, 2.75) is 53.1 Å².